The van der Waals surface area contributed by atoms with Crippen LogP contribution in [0.3, 0.4) is 0 Å². The van der Waals surface area contributed by atoms with Crippen LogP contribution in [-0.4, -0.2) is 30.4 Å². The topological polar surface area (TPSA) is 42.3 Å². The van der Waals surface area contributed by atoms with E-state index in [0.717, 1.165) is 16.6 Å². The summed E-state index contributed by atoms with van der Waals surface area (Å²) in [4.78, 5) is 0.104. The Kier molecular flexibility index (Phi) is 6.42. The molecule has 1 aliphatic heterocycles. The summed E-state index contributed by atoms with van der Waals surface area (Å²) in [5.74, 6) is -0.640. The van der Waals surface area contributed by atoms with E-state index in [4.69, 9.17) is 11.6 Å². The molecule has 0 radical (unpaired) electrons. The Morgan fingerprint density at radius 2 is 1.63 bits per heavy atom. The summed E-state index contributed by atoms with van der Waals surface area (Å²) in [5.41, 5.74) is 3.66. The van der Waals surface area contributed by atoms with Gasteiger partial charge in [-0.3, -0.25) is 0 Å². The van der Waals surface area contributed by atoms with Gasteiger partial charge in [0.1, 0.15) is 11.6 Å². The predicted octanol–water partition coefficient (Wildman–Crippen LogP) is 6.50. The highest BCUT2D eigenvalue weighted by molar-refractivity contribution is 7.89. The molecule has 2 heterocycles. The molecule has 182 valence electrons. The van der Waals surface area contributed by atoms with Gasteiger partial charge in [0.15, 0.2) is 0 Å². The number of hydrogen-bond donors (Lipinski definition) is 0. The van der Waals surface area contributed by atoms with Crippen LogP contribution >= 0.6 is 11.6 Å². The van der Waals surface area contributed by atoms with Crippen LogP contribution in [0.2, 0.25) is 5.02 Å². The summed E-state index contributed by atoms with van der Waals surface area (Å²) in [6, 6.07) is 17.7. The third kappa shape index (κ3) is 4.37. The Hall–Kier alpha value is -2.74. The average Bonchev–Trinajstić information content (AvgIpc) is 3.13. The van der Waals surface area contributed by atoms with Crippen molar-refractivity contribution < 1.29 is 17.2 Å². The monoisotopic (exact) mass is 514 g/mol. The molecular formula is C27H25ClF2N2O2S. The first-order valence-electron chi connectivity index (χ1n) is 11.5. The summed E-state index contributed by atoms with van der Waals surface area (Å²) >= 11 is 6.32. The fraction of sp³-hybridized carbons (Fsp3) is 0.259. The third-order valence-corrected chi connectivity index (χ3v) is 9.24. The second kappa shape index (κ2) is 9.37. The minimum absolute atomic E-state index is 0.104. The van der Waals surface area contributed by atoms with E-state index in [1.807, 2.05) is 25.1 Å². The minimum Gasteiger partial charge on any atom is -0.340 e. The Balaban J connectivity index is 1.44. The number of nitrogens with zero attached hydrogens (tertiary/aromatic N) is 2. The molecule has 3 aromatic carbocycles. The highest BCUT2D eigenvalue weighted by Crippen LogP contribution is 2.39. The third-order valence-electron chi connectivity index (χ3n) is 6.97. The van der Waals surface area contributed by atoms with Crippen molar-refractivity contribution in [3.05, 3.63) is 100 Å². The first-order valence-corrected chi connectivity index (χ1v) is 13.4. The van der Waals surface area contributed by atoms with Crippen LogP contribution in [-0.2, 0) is 16.6 Å². The maximum atomic E-state index is 14.6. The highest BCUT2D eigenvalue weighted by Gasteiger charge is 2.32. The van der Waals surface area contributed by atoms with Gasteiger partial charge >= 0.3 is 0 Å². The van der Waals surface area contributed by atoms with E-state index < -0.39 is 15.8 Å². The van der Waals surface area contributed by atoms with Gasteiger partial charge in [-0.1, -0.05) is 35.9 Å². The Labute approximate surface area is 208 Å². The molecule has 0 atom stereocenters. The van der Waals surface area contributed by atoms with Gasteiger partial charge in [0.05, 0.1) is 11.4 Å². The largest absolute Gasteiger partial charge is 0.340 e. The van der Waals surface area contributed by atoms with Crippen LogP contribution in [0.1, 0.15) is 35.6 Å². The zero-order chi connectivity index (χ0) is 24.7. The lowest BCUT2D eigenvalue weighted by Crippen LogP contribution is -2.38. The molecule has 0 bridgehead atoms. The van der Waals surface area contributed by atoms with Gasteiger partial charge in [0.2, 0.25) is 10.0 Å². The second-order valence-electron chi connectivity index (χ2n) is 8.93. The lowest BCUT2D eigenvalue weighted by atomic mass is 9.88. The van der Waals surface area contributed by atoms with Gasteiger partial charge < -0.3 is 4.57 Å². The normalized spacial score (nSPS) is 15.7. The lowest BCUT2D eigenvalue weighted by Gasteiger charge is -2.31. The van der Waals surface area contributed by atoms with Crippen LogP contribution < -0.4 is 0 Å². The molecule has 1 saturated heterocycles. The van der Waals surface area contributed by atoms with E-state index in [2.05, 4.69) is 10.6 Å². The Morgan fingerprint density at radius 1 is 0.943 bits per heavy atom. The molecule has 0 N–H and O–H groups in total. The highest BCUT2D eigenvalue weighted by atomic mass is 35.5. The molecule has 1 aliphatic rings. The number of rotatable bonds is 5. The molecule has 0 spiro atoms. The van der Waals surface area contributed by atoms with Crippen molar-refractivity contribution in [1.82, 2.24) is 8.87 Å². The number of fused-ring (bicyclic) bond motifs is 1. The summed E-state index contributed by atoms with van der Waals surface area (Å²) < 4.78 is 57.5. The van der Waals surface area contributed by atoms with Crippen molar-refractivity contribution in [2.75, 3.05) is 13.1 Å². The van der Waals surface area contributed by atoms with Crippen molar-refractivity contribution >= 4 is 32.5 Å². The van der Waals surface area contributed by atoms with Gasteiger partial charge in [-0.05, 0) is 73.7 Å². The van der Waals surface area contributed by atoms with E-state index in [9.17, 15) is 17.2 Å². The fourth-order valence-electron chi connectivity index (χ4n) is 5.16. The SMILES string of the molecule is Cc1c(C2CCN(S(=O)(=O)c3ccc(F)cc3)CC2)c2ccccc2n1Cc1c(F)cccc1Cl. The number of aromatic nitrogens is 1. The Morgan fingerprint density at radius 3 is 2.31 bits per heavy atom. The van der Waals surface area contributed by atoms with Crippen molar-refractivity contribution in [3.8, 4) is 0 Å². The van der Waals surface area contributed by atoms with Crippen molar-refractivity contribution in [2.24, 2.45) is 0 Å². The molecule has 1 fully saturated rings. The number of piperidine rings is 1. The predicted molar refractivity (Wildman–Crippen MR) is 134 cm³/mol. The van der Waals surface area contributed by atoms with Crippen molar-refractivity contribution in [3.63, 3.8) is 0 Å². The van der Waals surface area contributed by atoms with Gasteiger partial charge in [-0.25, -0.2) is 17.2 Å². The average molecular weight is 515 g/mol. The summed E-state index contributed by atoms with van der Waals surface area (Å²) in [6.07, 6.45) is 1.32. The summed E-state index contributed by atoms with van der Waals surface area (Å²) in [5, 5.41) is 1.49. The zero-order valence-electron chi connectivity index (χ0n) is 19.2. The maximum Gasteiger partial charge on any atom is 0.243 e. The second-order valence-corrected chi connectivity index (χ2v) is 11.3. The molecule has 0 unspecified atom stereocenters. The molecule has 5 rings (SSSR count). The van der Waals surface area contributed by atoms with Crippen LogP contribution in [0.5, 0.6) is 0 Å². The minimum atomic E-state index is -3.68. The molecular weight excluding hydrogens is 490 g/mol. The standard InChI is InChI=1S/C27H25ClF2N2O2S/c1-18-27(19-13-15-31(16-14-19)35(33,34)21-11-9-20(29)10-12-21)22-5-2-3-8-26(22)32(18)17-23-24(28)6-4-7-25(23)30/h2-12,19H,13-17H2,1H3. The zero-order valence-corrected chi connectivity index (χ0v) is 20.8. The first-order chi connectivity index (χ1) is 16.8. The molecule has 4 aromatic rings. The van der Waals surface area contributed by atoms with E-state index >= 15 is 0 Å². The van der Waals surface area contributed by atoms with Crippen LogP contribution in [0.15, 0.2) is 71.6 Å². The quantitative estimate of drug-likeness (QED) is 0.305. The number of hydrogen-bond acceptors (Lipinski definition) is 2. The number of sulfonamides is 1. The van der Waals surface area contributed by atoms with E-state index in [0.29, 0.717) is 43.1 Å². The molecule has 8 heteroatoms. The number of benzene rings is 3. The van der Waals surface area contributed by atoms with Gasteiger partial charge in [-0.15, -0.1) is 0 Å². The fourth-order valence-corrected chi connectivity index (χ4v) is 6.85. The first kappa shape index (κ1) is 24.0. The van der Waals surface area contributed by atoms with Gasteiger partial charge in [0, 0.05) is 40.3 Å². The summed E-state index contributed by atoms with van der Waals surface area (Å²) in [6.45, 7) is 3.10. The number of halogens is 3. The van der Waals surface area contributed by atoms with E-state index in [1.54, 1.807) is 12.1 Å². The molecule has 0 saturated carbocycles. The van der Waals surface area contributed by atoms with Gasteiger partial charge in [0.25, 0.3) is 0 Å². The molecule has 0 amide bonds. The van der Waals surface area contributed by atoms with Crippen LogP contribution in [0.25, 0.3) is 10.9 Å². The summed E-state index contributed by atoms with van der Waals surface area (Å²) in [7, 11) is -3.68. The van der Waals surface area contributed by atoms with Crippen LogP contribution in [0.4, 0.5) is 8.78 Å². The van der Waals surface area contributed by atoms with E-state index in [1.165, 1.54) is 40.2 Å². The van der Waals surface area contributed by atoms with Crippen LogP contribution in [0, 0.1) is 18.6 Å². The molecule has 35 heavy (non-hydrogen) atoms. The van der Waals surface area contributed by atoms with Gasteiger partial charge in [-0.2, -0.15) is 4.31 Å². The smallest absolute Gasteiger partial charge is 0.243 e. The molecule has 0 aliphatic carbocycles. The van der Waals surface area contributed by atoms with Crippen molar-refractivity contribution in [2.45, 2.75) is 37.1 Å². The van der Waals surface area contributed by atoms with E-state index in [-0.39, 0.29) is 16.6 Å². The number of para-hydroxylation sites is 1. The van der Waals surface area contributed by atoms with Crippen molar-refractivity contribution in [1.29, 1.82) is 0 Å². The molecule has 1 aromatic heterocycles. The Bertz CT molecular complexity index is 1470. The maximum absolute atomic E-state index is 14.6. The lowest BCUT2D eigenvalue weighted by molar-refractivity contribution is 0.319. The molecule has 4 nitrogen and oxygen atoms in total.